The number of aliphatic hydroxyl groups excluding tert-OH is 1. The Hall–Kier alpha value is -2.55. The van der Waals surface area contributed by atoms with Crippen molar-refractivity contribution in [3.63, 3.8) is 0 Å². The molecule has 1 aliphatic heterocycles. The summed E-state index contributed by atoms with van der Waals surface area (Å²) in [6, 6.07) is 6.43. The van der Waals surface area contributed by atoms with Crippen LogP contribution in [0.5, 0.6) is 0 Å². The highest BCUT2D eigenvalue weighted by molar-refractivity contribution is 5.89. The predicted molar refractivity (Wildman–Crippen MR) is 79.8 cm³/mol. The van der Waals surface area contributed by atoms with E-state index >= 15 is 0 Å². The van der Waals surface area contributed by atoms with Gasteiger partial charge in [-0.2, -0.15) is 18.3 Å². The number of nitrogens with one attached hydrogen (secondary N) is 1. The highest BCUT2D eigenvalue weighted by Gasteiger charge is 2.35. The molecule has 0 unspecified atom stereocenters. The van der Waals surface area contributed by atoms with E-state index in [4.69, 9.17) is 0 Å². The van der Waals surface area contributed by atoms with E-state index in [1.54, 1.807) is 0 Å². The Morgan fingerprint density at radius 1 is 1.25 bits per heavy atom. The zero-order valence-electron chi connectivity index (χ0n) is 12.5. The SMILES string of the molecule is O=C(Nc1ccc(-n2nccc2C(F)(F)F)cc1)N1CC[C@@H](O)C1. The van der Waals surface area contributed by atoms with Crippen LogP contribution in [0.4, 0.5) is 23.7 Å². The Bertz CT molecular complexity index is 727. The summed E-state index contributed by atoms with van der Waals surface area (Å²) < 4.78 is 39.4. The molecule has 128 valence electrons. The van der Waals surface area contributed by atoms with Crippen LogP contribution in [0.2, 0.25) is 0 Å². The molecule has 1 aromatic heterocycles. The van der Waals surface area contributed by atoms with Crippen molar-refractivity contribution in [3.05, 3.63) is 42.2 Å². The third-order valence-corrected chi connectivity index (χ3v) is 3.75. The van der Waals surface area contributed by atoms with Crippen molar-refractivity contribution < 1.29 is 23.1 Å². The molecule has 0 spiro atoms. The summed E-state index contributed by atoms with van der Waals surface area (Å²) in [4.78, 5) is 13.5. The third kappa shape index (κ3) is 3.35. The van der Waals surface area contributed by atoms with Gasteiger partial charge in [-0.15, -0.1) is 0 Å². The van der Waals surface area contributed by atoms with Crippen molar-refractivity contribution in [2.45, 2.75) is 18.7 Å². The molecule has 6 nitrogen and oxygen atoms in total. The first-order valence-corrected chi connectivity index (χ1v) is 7.30. The van der Waals surface area contributed by atoms with Gasteiger partial charge in [0.25, 0.3) is 0 Å². The highest BCUT2D eigenvalue weighted by Crippen LogP contribution is 2.30. The molecular weight excluding hydrogens is 325 g/mol. The van der Waals surface area contributed by atoms with Gasteiger partial charge in [-0.1, -0.05) is 0 Å². The summed E-state index contributed by atoms with van der Waals surface area (Å²) in [6.07, 6.45) is -3.40. The first-order valence-electron chi connectivity index (χ1n) is 7.30. The van der Waals surface area contributed by atoms with Gasteiger partial charge in [0.05, 0.1) is 18.0 Å². The Morgan fingerprint density at radius 2 is 1.96 bits per heavy atom. The molecule has 0 radical (unpaired) electrons. The number of halogens is 3. The summed E-state index contributed by atoms with van der Waals surface area (Å²) in [5, 5.41) is 15.8. The maximum absolute atomic E-state index is 12.9. The molecular formula is C15H15F3N4O2. The number of alkyl halides is 3. The maximum atomic E-state index is 12.9. The van der Waals surface area contributed by atoms with Crippen molar-refractivity contribution in [2.24, 2.45) is 0 Å². The van der Waals surface area contributed by atoms with Crippen LogP contribution in [0.15, 0.2) is 36.5 Å². The lowest BCUT2D eigenvalue weighted by molar-refractivity contribution is -0.142. The van der Waals surface area contributed by atoms with E-state index in [0.717, 1.165) is 16.9 Å². The quantitative estimate of drug-likeness (QED) is 0.882. The van der Waals surface area contributed by atoms with Crippen LogP contribution in [0.3, 0.4) is 0 Å². The van der Waals surface area contributed by atoms with Crippen LogP contribution in [-0.4, -0.2) is 45.0 Å². The minimum Gasteiger partial charge on any atom is -0.391 e. The Kier molecular flexibility index (Phi) is 4.18. The molecule has 2 N–H and O–H groups in total. The second-order valence-corrected chi connectivity index (χ2v) is 5.49. The molecule has 0 saturated carbocycles. The fraction of sp³-hybridized carbons (Fsp3) is 0.333. The number of urea groups is 1. The van der Waals surface area contributed by atoms with Gasteiger partial charge < -0.3 is 15.3 Å². The molecule has 1 aromatic carbocycles. The number of rotatable bonds is 2. The van der Waals surface area contributed by atoms with Crippen LogP contribution in [0.25, 0.3) is 5.69 Å². The van der Waals surface area contributed by atoms with E-state index in [-0.39, 0.29) is 18.3 Å². The van der Waals surface area contributed by atoms with E-state index in [9.17, 15) is 23.1 Å². The Labute approximate surface area is 135 Å². The summed E-state index contributed by atoms with van der Waals surface area (Å²) in [5.74, 6) is 0. The number of hydrogen-bond acceptors (Lipinski definition) is 3. The maximum Gasteiger partial charge on any atom is 0.433 e. The van der Waals surface area contributed by atoms with Gasteiger partial charge in [0.1, 0.15) is 5.69 Å². The summed E-state index contributed by atoms with van der Waals surface area (Å²) in [6.45, 7) is 0.736. The number of β-amino-alcohol motifs (C(OH)–C–C–N with tert-alkyl or cyclic N) is 1. The van der Waals surface area contributed by atoms with Crippen molar-refractivity contribution >= 4 is 11.7 Å². The number of likely N-dealkylation sites (tertiary alicyclic amines) is 1. The predicted octanol–water partition coefficient (Wildman–Crippen LogP) is 2.49. The van der Waals surface area contributed by atoms with Crippen molar-refractivity contribution in [1.29, 1.82) is 0 Å². The van der Waals surface area contributed by atoms with Gasteiger partial charge in [-0.25, -0.2) is 9.48 Å². The summed E-state index contributed by atoms with van der Waals surface area (Å²) in [5.41, 5.74) is -0.182. The lowest BCUT2D eigenvalue weighted by Crippen LogP contribution is -2.33. The second kappa shape index (κ2) is 6.16. The second-order valence-electron chi connectivity index (χ2n) is 5.49. The van der Waals surface area contributed by atoms with E-state index in [1.165, 1.54) is 29.2 Å². The smallest absolute Gasteiger partial charge is 0.391 e. The average molecular weight is 340 g/mol. The minimum absolute atomic E-state index is 0.238. The molecule has 1 aliphatic rings. The minimum atomic E-state index is -4.50. The number of aromatic nitrogens is 2. The van der Waals surface area contributed by atoms with Crippen molar-refractivity contribution in [2.75, 3.05) is 18.4 Å². The fourth-order valence-electron chi connectivity index (χ4n) is 2.54. The molecule has 1 atom stereocenters. The largest absolute Gasteiger partial charge is 0.433 e. The normalized spacial score (nSPS) is 18.0. The zero-order chi connectivity index (χ0) is 17.3. The van der Waals surface area contributed by atoms with Gasteiger partial charge in [-0.05, 0) is 36.8 Å². The topological polar surface area (TPSA) is 70.4 Å². The van der Waals surface area contributed by atoms with Crippen LogP contribution < -0.4 is 5.32 Å². The van der Waals surface area contributed by atoms with Gasteiger partial charge in [0.15, 0.2) is 0 Å². The van der Waals surface area contributed by atoms with Crippen LogP contribution in [0, 0.1) is 0 Å². The zero-order valence-corrected chi connectivity index (χ0v) is 12.5. The number of benzene rings is 1. The van der Waals surface area contributed by atoms with E-state index < -0.39 is 18.0 Å². The Morgan fingerprint density at radius 3 is 2.54 bits per heavy atom. The van der Waals surface area contributed by atoms with Crippen molar-refractivity contribution in [1.82, 2.24) is 14.7 Å². The van der Waals surface area contributed by atoms with Crippen LogP contribution in [0.1, 0.15) is 12.1 Å². The summed E-state index contributed by atoms with van der Waals surface area (Å²) >= 11 is 0. The Balaban J connectivity index is 1.72. The molecule has 9 heteroatoms. The number of carbonyl (C=O) groups is 1. The first-order chi connectivity index (χ1) is 11.3. The van der Waals surface area contributed by atoms with E-state index in [1.807, 2.05) is 0 Å². The monoisotopic (exact) mass is 340 g/mol. The summed E-state index contributed by atoms with van der Waals surface area (Å²) in [7, 11) is 0. The van der Waals surface area contributed by atoms with Gasteiger partial charge in [0.2, 0.25) is 0 Å². The lowest BCUT2D eigenvalue weighted by Gasteiger charge is -2.16. The molecule has 2 amide bonds. The molecule has 0 bridgehead atoms. The molecule has 2 heterocycles. The van der Waals surface area contributed by atoms with Crippen LogP contribution in [-0.2, 0) is 6.18 Å². The van der Waals surface area contributed by atoms with E-state index in [0.29, 0.717) is 18.7 Å². The number of anilines is 1. The standard InChI is InChI=1S/C15H15F3N4O2/c16-15(17,18)13-5-7-19-22(13)11-3-1-10(2-4-11)20-14(24)21-8-6-12(23)9-21/h1-5,7,12,23H,6,8-9H2,(H,20,24)/t12-/m1/s1. The number of carbonyl (C=O) groups excluding carboxylic acids is 1. The van der Waals surface area contributed by atoms with Gasteiger partial charge in [0, 0.05) is 18.8 Å². The molecule has 24 heavy (non-hydrogen) atoms. The van der Waals surface area contributed by atoms with Crippen LogP contribution >= 0.6 is 0 Å². The molecule has 1 saturated heterocycles. The molecule has 2 aromatic rings. The molecule has 3 rings (SSSR count). The molecule has 1 fully saturated rings. The third-order valence-electron chi connectivity index (χ3n) is 3.75. The average Bonchev–Trinajstić information content (AvgIpc) is 3.16. The number of aliphatic hydroxyl groups is 1. The number of nitrogens with zero attached hydrogens (tertiary/aromatic N) is 3. The highest BCUT2D eigenvalue weighted by atomic mass is 19.4. The van der Waals surface area contributed by atoms with Gasteiger partial charge >= 0.3 is 12.2 Å². The van der Waals surface area contributed by atoms with Crippen molar-refractivity contribution in [3.8, 4) is 5.69 Å². The number of hydrogen-bond donors (Lipinski definition) is 2. The first kappa shape index (κ1) is 16.3. The fourth-order valence-corrected chi connectivity index (χ4v) is 2.54. The molecule has 0 aliphatic carbocycles. The van der Waals surface area contributed by atoms with Gasteiger partial charge in [-0.3, -0.25) is 0 Å². The lowest BCUT2D eigenvalue weighted by atomic mass is 10.2. The van der Waals surface area contributed by atoms with E-state index in [2.05, 4.69) is 10.4 Å². The number of amides is 2.